The number of nitrogens with one attached hydrogen (secondary N) is 1. The molecule has 4 nitrogen and oxygen atoms in total. The predicted octanol–water partition coefficient (Wildman–Crippen LogP) is 3.25. The van der Waals surface area contributed by atoms with Gasteiger partial charge in [0.15, 0.2) is 0 Å². The van der Waals surface area contributed by atoms with E-state index in [1.54, 1.807) is 0 Å². The zero-order chi connectivity index (χ0) is 15.6. The van der Waals surface area contributed by atoms with E-state index in [-0.39, 0.29) is 24.4 Å². The Kier molecular flexibility index (Phi) is 6.48. The number of rotatable bonds is 4. The van der Waals surface area contributed by atoms with Crippen molar-refractivity contribution >= 4 is 29.9 Å². The van der Waals surface area contributed by atoms with E-state index in [1.165, 1.54) is 0 Å². The topological polar surface area (TPSA) is 60.1 Å². The maximum absolute atomic E-state index is 12.3. The number of hydrogen-bond donors (Lipinski definition) is 2. The van der Waals surface area contributed by atoms with E-state index < -0.39 is 0 Å². The second-order valence-corrected chi connectivity index (χ2v) is 5.65. The molecule has 1 heterocycles. The van der Waals surface area contributed by atoms with Crippen LogP contribution < -0.4 is 11.1 Å². The Labute approximate surface area is 142 Å². The highest BCUT2D eigenvalue weighted by Gasteiger charge is 2.17. The second-order valence-electron chi connectivity index (χ2n) is 5.21. The third kappa shape index (κ3) is 3.83. The Bertz CT molecular complexity index is 667. The molecular formula is C16H21Cl2N3O. The quantitative estimate of drug-likeness (QED) is 0.896. The van der Waals surface area contributed by atoms with Gasteiger partial charge in [0.2, 0.25) is 0 Å². The van der Waals surface area contributed by atoms with E-state index in [0.29, 0.717) is 17.1 Å². The third-order valence-corrected chi connectivity index (χ3v) is 3.71. The Morgan fingerprint density at radius 1 is 1.36 bits per heavy atom. The van der Waals surface area contributed by atoms with Crippen LogP contribution in [0.5, 0.6) is 0 Å². The van der Waals surface area contributed by atoms with Gasteiger partial charge >= 0.3 is 0 Å². The lowest BCUT2D eigenvalue weighted by Gasteiger charge is -2.12. The number of amides is 1. The minimum atomic E-state index is -0.102. The molecule has 0 fully saturated rings. The maximum atomic E-state index is 12.3. The molecule has 0 bridgehead atoms. The van der Waals surface area contributed by atoms with E-state index in [4.69, 9.17) is 17.3 Å². The van der Waals surface area contributed by atoms with E-state index in [1.807, 2.05) is 55.7 Å². The van der Waals surface area contributed by atoms with Crippen LogP contribution in [0, 0.1) is 13.8 Å². The molecule has 1 aromatic carbocycles. The lowest BCUT2D eigenvalue weighted by molar-refractivity contribution is 0.0940. The van der Waals surface area contributed by atoms with Gasteiger partial charge in [0.25, 0.3) is 5.91 Å². The summed E-state index contributed by atoms with van der Waals surface area (Å²) in [6, 6.07) is 9.41. The zero-order valence-corrected chi connectivity index (χ0v) is 14.5. The maximum Gasteiger partial charge on any atom is 0.253 e. The summed E-state index contributed by atoms with van der Waals surface area (Å²) in [6.45, 7) is 6.19. The molecule has 1 aromatic heterocycles. The Morgan fingerprint density at radius 3 is 2.64 bits per heavy atom. The molecule has 3 N–H and O–H groups in total. The van der Waals surface area contributed by atoms with Crippen LogP contribution in [0.25, 0.3) is 5.69 Å². The third-order valence-electron chi connectivity index (χ3n) is 3.47. The van der Waals surface area contributed by atoms with Gasteiger partial charge in [0, 0.05) is 34.7 Å². The van der Waals surface area contributed by atoms with Crippen LogP contribution in [0.4, 0.5) is 0 Å². The molecule has 0 saturated carbocycles. The summed E-state index contributed by atoms with van der Waals surface area (Å²) in [5.41, 5.74) is 9.02. The summed E-state index contributed by atoms with van der Waals surface area (Å²) >= 11 is 6.05. The average Bonchev–Trinajstić information content (AvgIpc) is 2.74. The number of carbonyl (C=O) groups is 1. The van der Waals surface area contributed by atoms with Crippen LogP contribution >= 0.6 is 24.0 Å². The van der Waals surface area contributed by atoms with Gasteiger partial charge in [-0.3, -0.25) is 4.79 Å². The van der Waals surface area contributed by atoms with Gasteiger partial charge in [-0.2, -0.15) is 0 Å². The molecular weight excluding hydrogens is 321 g/mol. The van der Waals surface area contributed by atoms with Crippen LogP contribution in [0.15, 0.2) is 30.3 Å². The van der Waals surface area contributed by atoms with Gasteiger partial charge in [0.1, 0.15) is 0 Å². The lowest BCUT2D eigenvalue weighted by Crippen LogP contribution is -2.37. The highest BCUT2D eigenvalue weighted by atomic mass is 35.5. The van der Waals surface area contributed by atoms with Crippen molar-refractivity contribution in [3.05, 3.63) is 52.3 Å². The lowest BCUT2D eigenvalue weighted by atomic mass is 10.2. The molecule has 0 aliphatic rings. The summed E-state index contributed by atoms with van der Waals surface area (Å²) in [6.07, 6.45) is 0. The minimum Gasteiger partial charge on any atom is -0.348 e. The molecule has 0 spiro atoms. The van der Waals surface area contributed by atoms with Crippen molar-refractivity contribution in [2.45, 2.75) is 26.8 Å². The molecule has 6 heteroatoms. The van der Waals surface area contributed by atoms with Crippen molar-refractivity contribution in [2.75, 3.05) is 6.54 Å². The van der Waals surface area contributed by atoms with Crippen LogP contribution in [0.2, 0.25) is 5.02 Å². The number of hydrogen-bond acceptors (Lipinski definition) is 2. The molecule has 1 atom stereocenters. The van der Waals surface area contributed by atoms with E-state index in [2.05, 4.69) is 5.32 Å². The summed E-state index contributed by atoms with van der Waals surface area (Å²) < 4.78 is 2.02. The number of halogens is 2. The second kappa shape index (κ2) is 7.68. The zero-order valence-electron chi connectivity index (χ0n) is 12.9. The SMILES string of the molecule is Cc1cc(C(=O)N[C@@H](C)CN)c(C)n1-c1cccc(Cl)c1.Cl. The summed E-state index contributed by atoms with van der Waals surface area (Å²) in [7, 11) is 0. The van der Waals surface area contributed by atoms with Crippen molar-refractivity contribution in [1.29, 1.82) is 0 Å². The van der Waals surface area contributed by atoms with Crippen molar-refractivity contribution in [3.8, 4) is 5.69 Å². The molecule has 0 unspecified atom stereocenters. The van der Waals surface area contributed by atoms with Gasteiger partial charge in [0.05, 0.1) is 5.56 Å². The number of nitrogens with two attached hydrogens (primary N) is 1. The van der Waals surface area contributed by atoms with E-state index >= 15 is 0 Å². The number of carbonyl (C=O) groups excluding carboxylic acids is 1. The number of benzene rings is 1. The largest absolute Gasteiger partial charge is 0.348 e. The Morgan fingerprint density at radius 2 is 2.05 bits per heavy atom. The molecule has 0 aliphatic heterocycles. The van der Waals surface area contributed by atoms with Gasteiger partial charge in [-0.15, -0.1) is 12.4 Å². The fourth-order valence-corrected chi connectivity index (χ4v) is 2.55. The standard InChI is InChI=1S/C16H20ClN3O.ClH/c1-10(9-18)19-16(21)15-7-11(2)20(12(15)3)14-6-4-5-13(17)8-14;/h4-8,10H,9,18H2,1-3H3,(H,19,21);1H/t10-;/m0./s1. The van der Waals surface area contributed by atoms with Gasteiger partial charge in [-0.1, -0.05) is 17.7 Å². The molecule has 0 radical (unpaired) electrons. The summed E-state index contributed by atoms with van der Waals surface area (Å²) in [5.74, 6) is -0.102. The number of aryl methyl sites for hydroxylation is 1. The van der Waals surface area contributed by atoms with Crippen LogP contribution in [0.1, 0.15) is 28.7 Å². The first-order valence-corrected chi connectivity index (χ1v) is 7.27. The first kappa shape index (κ1) is 18.6. The normalized spacial score (nSPS) is 11.7. The summed E-state index contributed by atoms with van der Waals surface area (Å²) in [4.78, 5) is 12.3. The first-order chi connectivity index (χ1) is 9.93. The smallest absolute Gasteiger partial charge is 0.253 e. The molecule has 2 aromatic rings. The van der Waals surface area contributed by atoms with Gasteiger partial charge < -0.3 is 15.6 Å². The highest BCUT2D eigenvalue weighted by molar-refractivity contribution is 6.30. The molecule has 1 amide bonds. The first-order valence-electron chi connectivity index (χ1n) is 6.90. The van der Waals surface area contributed by atoms with Crippen LogP contribution in [-0.2, 0) is 0 Å². The average molecular weight is 342 g/mol. The molecule has 2 rings (SSSR count). The fraction of sp³-hybridized carbons (Fsp3) is 0.312. The Balaban J connectivity index is 0.00000242. The highest BCUT2D eigenvalue weighted by Crippen LogP contribution is 2.23. The van der Waals surface area contributed by atoms with Crippen LogP contribution in [0.3, 0.4) is 0 Å². The predicted molar refractivity (Wildman–Crippen MR) is 93.5 cm³/mol. The van der Waals surface area contributed by atoms with Gasteiger partial charge in [-0.25, -0.2) is 0 Å². The fourth-order valence-electron chi connectivity index (χ4n) is 2.37. The molecule has 22 heavy (non-hydrogen) atoms. The van der Waals surface area contributed by atoms with Crippen molar-refractivity contribution in [2.24, 2.45) is 5.73 Å². The molecule has 0 saturated heterocycles. The molecule has 0 aliphatic carbocycles. The van der Waals surface area contributed by atoms with Crippen LogP contribution in [-0.4, -0.2) is 23.1 Å². The molecule has 120 valence electrons. The van der Waals surface area contributed by atoms with E-state index in [0.717, 1.165) is 17.1 Å². The van der Waals surface area contributed by atoms with Crippen molar-refractivity contribution in [3.63, 3.8) is 0 Å². The van der Waals surface area contributed by atoms with Gasteiger partial charge in [-0.05, 0) is 45.0 Å². The number of nitrogens with zero attached hydrogens (tertiary/aromatic N) is 1. The monoisotopic (exact) mass is 341 g/mol. The number of aromatic nitrogens is 1. The summed E-state index contributed by atoms with van der Waals surface area (Å²) in [5, 5.41) is 3.56. The van der Waals surface area contributed by atoms with Crippen molar-refractivity contribution < 1.29 is 4.79 Å². The van der Waals surface area contributed by atoms with E-state index in [9.17, 15) is 4.79 Å². The minimum absolute atomic E-state index is 0. The Hall–Kier alpha value is -1.49. The van der Waals surface area contributed by atoms with Crippen molar-refractivity contribution in [1.82, 2.24) is 9.88 Å².